The van der Waals surface area contributed by atoms with E-state index in [4.69, 9.17) is 11.6 Å². The summed E-state index contributed by atoms with van der Waals surface area (Å²) in [5, 5.41) is 13.7. The Morgan fingerprint density at radius 3 is 2.47 bits per heavy atom. The standard InChI is InChI=1S/C12H20ClN3O/c1-4-10-15-9(13)7-11(16-10)14-8-12(17,5-2)6-3/h7,17H,4-6,8H2,1-3H3,(H,14,15,16). The van der Waals surface area contributed by atoms with E-state index in [9.17, 15) is 5.11 Å². The summed E-state index contributed by atoms with van der Waals surface area (Å²) in [5.41, 5.74) is -0.691. The number of nitrogens with one attached hydrogen (secondary N) is 1. The Morgan fingerprint density at radius 2 is 1.94 bits per heavy atom. The molecule has 0 spiro atoms. The van der Waals surface area contributed by atoms with Gasteiger partial charge >= 0.3 is 0 Å². The molecule has 17 heavy (non-hydrogen) atoms. The van der Waals surface area contributed by atoms with E-state index < -0.39 is 5.60 Å². The van der Waals surface area contributed by atoms with Gasteiger partial charge in [-0.25, -0.2) is 9.97 Å². The molecule has 0 saturated heterocycles. The molecule has 0 fully saturated rings. The molecule has 0 aliphatic carbocycles. The maximum Gasteiger partial charge on any atom is 0.134 e. The summed E-state index contributed by atoms with van der Waals surface area (Å²) >= 11 is 5.89. The maximum atomic E-state index is 10.1. The average molecular weight is 258 g/mol. The minimum Gasteiger partial charge on any atom is -0.388 e. The molecule has 4 nitrogen and oxygen atoms in total. The van der Waals surface area contributed by atoms with Crippen molar-refractivity contribution in [3.05, 3.63) is 17.0 Å². The number of halogens is 1. The second-order valence-electron chi connectivity index (χ2n) is 4.13. The number of aromatic nitrogens is 2. The zero-order valence-electron chi connectivity index (χ0n) is 10.6. The summed E-state index contributed by atoms with van der Waals surface area (Å²) in [4.78, 5) is 8.39. The predicted molar refractivity (Wildman–Crippen MR) is 70.4 cm³/mol. The van der Waals surface area contributed by atoms with Crippen LogP contribution in [0.1, 0.15) is 39.4 Å². The van der Waals surface area contributed by atoms with Crippen LogP contribution in [0, 0.1) is 0 Å². The number of hydrogen-bond donors (Lipinski definition) is 2. The van der Waals surface area contributed by atoms with Crippen molar-refractivity contribution in [2.75, 3.05) is 11.9 Å². The van der Waals surface area contributed by atoms with Gasteiger partial charge in [0.05, 0.1) is 5.60 Å². The molecule has 0 amide bonds. The lowest BCUT2D eigenvalue weighted by Crippen LogP contribution is -2.35. The van der Waals surface area contributed by atoms with Crippen molar-refractivity contribution >= 4 is 17.4 Å². The van der Waals surface area contributed by atoms with E-state index in [1.54, 1.807) is 6.07 Å². The van der Waals surface area contributed by atoms with Crippen LogP contribution in [-0.2, 0) is 6.42 Å². The molecule has 0 unspecified atom stereocenters. The summed E-state index contributed by atoms with van der Waals surface area (Å²) in [7, 11) is 0. The predicted octanol–water partition coefficient (Wildman–Crippen LogP) is 2.66. The largest absolute Gasteiger partial charge is 0.388 e. The van der Waals surface area contributed by atoms with E-state index in [2.05, 4.69) is 15.3 Å². The van der Waals surface area contributed by atoms with Crippen molar-refractivity contribution in [2.24, 2.45) is 0 Å². The van der Waals surface area contributed by atoms with Crippen LogP contribution >= 0.6 is 11.6 Å². The fraction of sp³-hybridized carbons (Fsp3) is 0.667. The van der Waals surface area contributed by atoms with Gasteiger partial charge in [-0.15, -0.1) is 0 Å². The molecule has 0 radical (unpaired) electrons. The van der Waals surface area contributed by atoms with Crippen LogP contribution in [0.15, 0.2) is 6.07 Å². The first kappa shape index (κ1) is 14.2. The Bertz CT molecular complexity index is 367. The quantitative estimate of drug-likeness (QED) is 0.770. The molecule has 1 aromatic rings. The third-order valence-electron chi connectivity index (χ3n) is 2.97. The second kappa shape index (κ2) is 6.17. The van der Waals surface area contributed by atoms with Gasteiger partial charge < -0.3 is 10.4 Å². The van der Waals surface area contributed by atoms with Crippen LogP contribution in [0.4, 0.5) is 5.82 Å². The van der Waals surface area contributed by atoms with Crippen LogP contribution in [0.2, 0.25) is 5.15 Å². The number of anilines is 1. The van der Waals surface area contributed by atoms with Crippen LogP contribution in [0.25, 0.3) is 0 Å². The first-order valence-electron chi connectivity index (χ1n) is 6.02. The van der Waals surface area contributed by atoms with Gasteiger partial charge in [-0.2, -0.15) is 0 Å². The molecule has 0 atom stereocenters. The van der Waals surface area contributed by atoms with Crippen molar-refractivity contribution in [2.45, 2.75) is 45.6 Å². The molecule has 0 bridgehead atoms. The van der Waals surface area contributed by atoms with Gasteiger partial charge in [-0.3, -0.25) is 0 Å². The fourth-order valence-corrected chi connectivity index (χ4v) is 1.67. The van der Waals surface area contributed by atoms with Crippen LogP contribution in [0.3, 0.4) is 0 Å². The van der Waals surface area contributed by atoms with E-state index >= 15 is 0 Å². The summed E-state index contributed by atoms with van der Waals surface area (Å²) in [6, 6.07) is 1.67. The lowest BCUT2D eigenvalue weighted by molar-refractivity contribution is 0.0456. The van der Waals surface area contributed by atoms with Crippen LogP contribution in [0.5, 0.6) is 0 Å². The number of aliphatic hydroxyl groups is 1. The monoisotopic (exact) mass is 257 g/mol. The van der Waals surface area contributed by atoms with Crippen molar-refractivity contribution in [1.29, 1.82) is 0 Å². The zero-order chi connectivity index (χ0) is 12.9. The van der Waals surface area contributed by atoms with Crippen molar-refractivity contribution < 1.29 is 5.11 Å². The molecule has 1 aromatic heterocycles. The lowest BCUT2D eigenvalue weighted by Gasteiger charge is -2.25. The second-order valence-corrected chi connectivity index (χ2v) is 4.52. The maximum absolute atomic E-state index is 10.1. The van der Waals surface area contributed by atoms with E-state index in [1.165, 1.54) is 0 Å². The first-order chi connectivity index (χ1) is 8.03. The molecule has 1 heterocycles. The Kier molecular flexibility index (Phi) is 5.15. The smallest absolute Gasteiger partial charge is 0.134 e. The normalized spacial score (nSPS) is 11.6. The molecule has 0 aliphatic rings. The van der Waals surface area contributed by atoms with Gasteiger partial charge in [0.25, 0.3) is 0 Å². The summed E-state index contributed by atoms with van der Waals surface area (Å²) in [6.45, 7) is 6.38. The highest BCUT2D eigenvalue weighted by Gasteiger charge is 2.21. The molecule has 0 aromatic carbocycles. The first-order valence-corrected chi connectivity index (χ1v) is 6.40. The van der Waals surface area contributed by atoms with Crippen molar-refractivity contribution in [1.82, 2.24) is 9.97 Å². The highest BCUT2D eigenvalue weighted by atomic mass is 35.5. The van der Waals surface area contributed by atoms with Gasteiger partial charge in [-0.1, -0.05) is 32.4 Å². The summed E-state index contributed by atoms with van der Waals surface area (Å²) in [5.74, 6) is 1.37. The minimum atomic E-state index is -0.691. The number of nitrogens with zero attached hydrogens (tertiary/aromatic N) is 2. The fourth-order valence-electron chi connectivity index (χ4n) is 1.47. The topological polar surface area (TPSA) is 58.0 Å². The Hall–Kier alpha value is -0.870. The Labute approximate surface area is 107 Å². The number of hydrogen-bond acceptors (Lipinski definition) is 4. The minimum absolute atomic E-state index is 0.427. The van der Waals surface area contributed by atoms with E-state index in [0.29, 0.717) is 36.2 Å². The number of rotatable bonds is 6. The Balaban J connectivity index is 2.72. The van der Waals surface area contributed by atoms with Gasteiger partial charge in [0.15, 0.2) is 0 Å². The molecule has 2 N–H and O–H groups in total. The molecule has 5 heteroatoms. The van der Waals surface area contributed by atoms with Gasteiger partial charge in [0, 0.05) is 19.0 Å². The van der Waals surface area contributed by atoms with Crippen molar-refractivity contribution in [3.63, 3.8) is 0 Å². The third-order valence-corrected chi connectivity index (χ3v) is 3.17. The molecule has 96 valence electrons. The molecular formula is C12H20ClN3O. The molecule has 1 rings (SSSR count). The van der Waals surface area contributed by atoms with E-state index in [0.717, 1.165) is 6.42 Å². The lowest BCUT2D eigenvalue weighted by atomic mass is 9.98. The number of aryl methyl sites for hydroxylation is 1. The van der Waals surface area contributed by atoms with Gasteiger partial charge in [0.1, 0.15) is 16.8 Å². The summed E-state index contributed by atoms with van der Waals surface area (Å²) in [6.07, 6.45) is 2.15. The van der Waals surface area contributed by atoms with Crippen LogP contribution in [-0.4, -0.2) is 27.2 Å². The van der Waals surface area contributed by atoms with Gasteiger partial charge in [0.2, 0.25) is 0 Å². The summed E-state index contributed by atoms with van der Waals surface area (Å²) < 4.78 is 0. The van der Waals surface area contributed by atoms with E-state index in [-0.39, 0.29) is 0 Å². The highest BCUT2D eigenvalue weighted by molar-refractivity contribution is 6.29. The molecular weight excluding hydrogens is 238 g/mol. The zero-order valence-corrected chi connectivity index (χ0v) is 11.4. The Morgan fingerprint density at radius 1 is 1.29 bits per heavy atom. The van der Waals surface area contributed by atoms with Gasteiger partial charge in [-0.05, 0) is 12.8 Å². The van der Waals surface area contributed by atoms with Crippen molar-refractivity contribution in [3.8, 4) is 0 Å². The molecule has 0 aliphatic heterocycles. The highest BCUT2D eigenvalue weighted by Crippen LogP contribution is 2.17. The van der Waals surface area contributed by atoms with E-state index in [1.807, 2.05) is 20.8 Å². The SMILES string of the molecule is CCc1nc(Cl)cc(NCC(O)(CC)CC)n1. The molecule has 0 saturated carbocycles. The van der Waals surface area contributed by atoms with Crippen LogP contribution < -0.4 is 5.32 Å². The third kappa shape index (κ3) is 4.13. The average Bonchev–Trinajstić information content (AvgIpc) is 2.35.